The number of primary amides is 1. The number of amides is 2. The van der Waals surface area contributed by atoms with Gasteiger partial charge in [0.05, 0.1) is 6.61 Å². The van der Waals surface area contributed by atoms with E-state index in [2.05, 4.69) is 10.6 Å². The summed E-state index contributed by atoms with van der Waals surface area (Å²) in [4.78, 5) is 22.9. The van der Waals surface area contributed by atoms with E-state index in [0.717, 1.165) is 12.1 Å². The lowest BCUT2D eigenvalue weighted by Gasteiger charge is -2.22. The van der Waals surface area contributed by atoms with E-state index in [1.54, 1.807) is 18.2 Å². The maximum absolute atomic E-state index is 11.8. The molecule has 1 unspecified atom stereocenters. The van der Waals surface area contributed by atoms with Crippen LogP contribution in [0, 0.1) is 0 Å². The van der Waals surface area contributed by atoms with Crippen LogP contribution < -0.4 is 16.4 Å². The highest BCUT2D eigenvalue weighted by Crippen LogP contribution is 2.05. The Kier molecular flexibility index (Phi) is 6.44. The molecule has 0 aromatic heterocycles. The van der Waals surface area contributed by atoms with E-state index in [1.807, 2.05) is 6.07 Å². The van der Waals surface area contributed by atoms with Gasteiger partial charge >= 0.3 is 0 Å². The van der Waals surface area contributed by atoms with Crippen molar-refractivity contribution < 1.29 is 14.3 Å². The molecule has 1 aromatic carbocycles. The van der Waals surface area contributed by atoms with Gasteiger partial charge in [0, 0.05) is 25.2 Å². The molecular weight excluding hydrogens is 282 g/mol. The number of ether oxygens (including phenoxy) is 1. The summed E-state index contributed by atoms with van der Waals surface area (Å²) in [7, 11) is 0. The first-order valence-electron chi connectivity index (χ1n) is 6.15. The molecule has 0 saturated carbocycles. The number of rotatable bonds is 4. The van der Waals surface area contributed by atoms with Crippen LogP contribution in [0.1, 0.15) is 15.9 Å². The van der Waals surface area contributed by atoms with Crippen LogP contribution >= 0.6 is 12.4 Å². The Balaban J connectivity index is 0.00000200. The summed E-state index contributed by atoms with van der Waals surface area (Å²) >= 11 is 0. The molecule has 2 rings (SSSR count). The van der Waals surface area contributed by atoms with Crippen LogP contribution in [-0.4, -0.2) is 37.6 Å². The van der Waals surface area contributed by atoms with Gasteiger partial charge in [-0.2, -0.15) is 0 Å². The minimum Gasteiger partial charge on any atom is -0.366 e. The molecule has 7 heteroatoms. The van der Waals surface area contributed by atoms with Gasteiger partial charge in [-0.25, -0.2) is 0 Å². The summed E-state index contributed by atoms with van der Waals surface area (Å²) < 4.78 is 5.34. The number of morpholine rings is 1. The molecular formula is C13H18ClN3O3. The number of hydrogen-bond acceptors (Lipinski definition) is 4. The monoisotopic (exact) mass is 299 g/mol. The van der Waals surface area contributed by atoms with Crippen molar-refractivity contribution in [2.45, 2.75) is 12.6 Å². The van der Waals surface area contributed by atoms with Crippen LogP contribution in [0.25, 0.3) is 0 Å². The van der Waals surface area contributed by atoms with E-state index in [0.29, 0.717) is 25.3 Å². The average molecular weight is 300 g/mol. The van der Waals surface area contributed by atoms with Crippen LogP contribution in [0.3, 0.4) is 0 Å². The second-order valence-electron chi connectivity index (χ2n) is 4.35. The Morgan fingerprint density at radius 3 is 2.90 bits per heavy atom. The smallest absolute Gasteiger partial charge is 0.250 e. The number of nitrogens with two attached hydrogens (primary N) is 1. The average Bonchev–Trinajstić information content (AvgIpc) is 2.46. The third-order valence-electron chi connectivity index (χ3n) is 2.90. The standard InChI is InChI=1S/C13H17N3O3.ClH/c14-12(17)10-3-1-2-9(6-10)7-16-13(18)11-8-15-4-5-19-11;/h1-3,6,11,15H,4-5,7-8H2,(H2,14,17)(H,16,18);1H. The Morgan fingerprint density at radius 2 is 2.25 bits per heavy atom. The van der Waals surface area contributed by atoms with Gasteiger partial charge in [-0.15, -0.1) is 12.4 Å². The molecule has 1 heterocycles. The van der Waals surface area contributed by atoms with Crippen molar-refractivity contribution in [3.05, 3.63) is 35.4 Å². The molecule has 1 aliphatic rings. The Labute approximate surface area is 123 Å². The van der Waals surface area contributed by atoms with Crippen LogP contribution in [0.2, 0.25) is 0 Å². The summed E-state index contributed by atoms with van der Waals surface area (Å²) in [6.07, 6.45) is -0.451. The van der Waals surface area contributed by atoms with Gasteiger partial charge in [0.1, 0.15) is 6.10 Å². The van der Waals surface area contributed by atoms with Crippen LogP contribution in [0.4, 0.5) is 0 Å². The van der Waals surface area contributed by atoms with Gasteiger partial charge in [-0.1, -0.05) is 12.1 Å². The van der Waals surface area contributed by atoms with Gasteiger partial charge in [0.2, 0.25) is 5.91 Å². The van der Waals surface area contributed by atoms with E-state index < -0.39 is 12.0 Å². The summed E-state index contributed by atoms with van der Waals surface area (Å²) in [6.45, 7) is 2.17. The molecule has 0 aliphatic carbocycles. The van der Waals surface area contributed by atoms with Crippen molar-refractivity contribution in [1.82, 2.24) is 10.6 Å². The highest BCUT2D eigenvalue weighted by molar-refractivity contribution is 5.92. The van der Waals surface area contributed by atoms with Crippen LogP contribution in [0.15, 0.2) is 24.3 Å². The first-order valence-corrected chi connectivity index (χ1v) is 6.15. The van der Waals surface area contributed by atoms with Crippen molar-refractivity contribution in [1.29, 1.82) is 0 Å². The van der Waals surface area contributed by atoms with Crippen molar-refractivity contribution in [2.75, 3.05) is 19.7 Å². The fraction of sp³-hybridized carbons (Fsp3) is 0.385. The third kappa shape index (κ3) is 4.48. The lowest BCUT2D eigenvalue weighted by atomic mass is 10.1. The fourth-order valence-corrected chi connectivity index (χ4v) is 1.87. The lowest BCUT2D eigenvalue weighted by molar-refractivity contribution is -0.134. The first-order chi connectivity index (χ1) is 9.16. The second-order valence-corrected chi connectivity index (χ2v) is 4.35. The molecule has 110 valence electrons. The summed E-state index contributed by atoms with van der Waals surface area (Å²) in [5.41, 5.74) is 6.46. The second kappa shape index (κ2) is 7.84. The predicted molar refractivity (Wildman–Crippen MR) is 76.7 cm³/mol. The molecule has 0 radical (unpaired) electrons. The van der Waals surface area contributed by atoms with E-state index in [9.17, 15) is 9.59 Å². The molecule has 0 spiro atoms. The quantitative estimate of drug-likeness (QED) is 0.718. The molecule has 6 nitrogen and oxygen atoms in total. The number of nitrogens with one attached hydrogen (secondary N) is 2. The van der Waals surface area contributed by atoms with Gasteiger partial charge in [0.15, 0.2) is 0 Å². The SMILES string of the molecule is Cl.NC(=O)c1cccc(CNC(=O)C2CNCCO2)c1. The number of halogens is 1. The van der Waals surface area contributed by atoms with E-state index >= 15 is 0 Å². The molecule has 1 aliphatic heterocycles. The fourth-order valence-electron chi connectivity index (χ4n) is 1.87. The van der Waals surface area contributed by atoms with E-state index in [-0.39, 0.29) is 18.3 Å². The third-order valence-corrected chi connectivity index (χ3v) is 2.90. The zero-order valence-corrected chi connectivity index (χ0v) is 11.7. The maximum atomic E-state index is 11.8. The van der Waals surface area contributed by atoms with Crippen LogP contribution in [-0.2, 0) is 16.1 Å². The van der Waals surface area contributed by atoms with Crippen molar-refractivity contribution in [3.8, 4) is 0 Å². The first kappa shape index (κ1) is 16.4. The Hall–Kier alpha value is -1.63. The number of benzene rings is 1. The minimum absolute atomic E-state index is 0. The molecule has 2 amide bonds. The number of carbonyl (C=O) groups is 2. The zero-order chi connectivity index (χ0) is 13.7. The summed E-state index contributed by atoms with van der Waals surface area (Å²) in [5.74, 6) is -0.635. The van der Waals surface area contributed by atoms with Crippen molar-refractivity contribution >= 4 is 24.2 Å². The highest BCUT2D eigenvalue weighted by Gasteiger charge is 2.21. The molecule has 1 atom stereocenters. The molecule has 20 heavy (non-hydrogen) atoms. The Bertz CT molecular complexity index is 476. The Morgan fingerprint density at radius 1 is 1.45 bits per heavy atom. The molecule has 4 N–H and O–H groups in total. The zero-order valence-electron chi connectivity index (χ0n) is 10.9. The minimum atomic E-state index is -0.479. The number of hydrogen-bond donors (Lipinski definition) is 3. The van der Waals surface area contributed by atoms with Gasteiger partial charge in [0.25, 0.3) is 5.91 Å². The van der Waals surface area contributed by atoms with E-state index in [4.69, 9.17) is 10.5 Å². The van der Waals surface area contributed by atoms with E-state index in [1.165, 1.54) is 0 Å². The van der Waals surface area contributed by atoms with Crippen molar-refractivity contribution in [2.24, 2.45) is 5.73 Å². The normalized spacial score (nSPS) is 17.9. The van der Waals surface area contributed by atoms with Gasteiger partial charge in [-0.05, 0) is 17.7 Å². The van der Waals surface area contributed by atoms with Crippen molar-refractivity contribution in [3.63, 3.8) is 0 Å². The molecule has 0 bridgehead atoms. The van der Waals surface area contributed by atoms with Gasteiger partial charge < -0.3 is 21.1 Å². The predicted octanol–water partition coefficient (Wildman–Crippen LogP) is -0.188. The number of carbonyl (C=O) groups excluding carboxylic acids is 2. The topological polar surface area (TPSA) is 93.5 Å². The lowest BCUT2D eigenvalue weighted by Crippen LogP contribution is -2.47. The van der Waals surface area contributed by atoms with Crippen LogP contribution in [0.5, 0.6) is 0 Å². The summed E-state index contributed by atoms with van der Waals surface area (Å²) in [5, 5.41) is 5.87. The molecule has 1 aromatic rings. The summed E-state index contributed by atoms with van der Waals surface area (Å²) in [6, 6.07) is 6.87. The maximum Gasteiger partial charge on any atom is 0.250 e. The molecule has 1 saturated heterocycles. The van der Waals surface area contributed by atoms with Gasteiger partial charge in [-0.3, -0.25) is 9.59 Å². The highest BCUT2D eigenvalue weighted by atomic mass is 35.5. The largest absolute Gasteiger partial charge is 0.366 e. The molecule has 1 fully saturated rings.